The van der Waals surface area contributed by atoms with Gasteiger partial charge in [-0.15, -0.1) is 0 Å². The van der Waals surface area contributed by atoms with Crippen molar-refractivity contribution in [1.82, 2.24) is 19.9 Å². The Bertz CT molecular complexity index is 748. The summed E-state index contributed by atoms with van der Waals surface area (Å²) in [5.41, 5.74) is 1.23. The van der Waals surface area contributed by atoms with E-state index in [1.165, 1.54) is 11.3 Å². The third kappa shape index (κ3) is 2.52. The van der Waals surface area contributed by atoms with E-state index < -0.39 is 0 Å². The van der Waals surface area contributed by atoms with Gasteiger partial charge in [-0.2, -0.15) is 5.10 Å². The molecule has 3 aromatic rings. The van der Waals surface area contributed by atoms with Gasteiger partial charge in [0.05, 0.1) is 29.0 Å². The van der Waals surface area contributed by atoms with Gasteiger partial charge in [-0.25, -0.2) is 9.50 Å². The molecule has 0 saturated heterocycles. The minimum absolute atomic E-state index is 0.212. The lowest BCUT2D eigenvalue weighted by molar-refractivity contribution is 0.0950. The van der Waals surface area contributed by atoms with Crippen LogP contribution in [0.2, 0.25) is 5.02 Å². The Morgan fingerprint density at radius 1 is 1.45 bits per heavy atom. The third-order valence-electron chi connectivity index (χ3n) is 2.74. The zero-order valence-corrected chi connectivity index (χ0v) is 12.2. The Balaban J connectivity index is 1.71. The smallest absolute Gasteiger partial charge is 0.253 e. The summed E-state index contributed by atoms with van der Waals surface area (Å²) in [7, 11) is 0. The Kier molecular flexibility index (Phi) is 3.42. The molecule has 0 aliphatic carbocycles. The maximum Gasteiger partial charge on any atom is 0.253 e. The number of halogens is 1. The number of imidazole rings is 1. The van der Waals surface area contributed by atoms with Gasteiger partial charge in [0.25, 0.3) is 5.91 Å². The summed E-state index contributed by atoms with van der Waals surface area (Å²) in [6.07, 6.45) is 1.81. The SMILES string of the molecule is Cc1nn2cc(CNC(=O)c3ccccc3Cl)nc2s1. The molecule has 102 valence electrons. The van der Waals surface area contributed by atoms with Crippen LogP contribution >= 0.6 is 22.9 Å². The lowest BCUT2D eigenvalue weighted by Gasteiger charge is -2.04. The molecule has 1 amide bonds. The Morgan fingerprint density at radius 3 is 3.00 bits per heavy atom. The first-order valence-electron chi connectivity index (χ1n) is 5.98. The lowest BCUT2D eigenvalue weighted by Crippen LogP contribution is -2.23. The molecule has 0 radical (unpaired) electrons. The first-order valence-corrected chi connectivity index (χ1v) is 7.17. The van der Waals surface area contributed by atoms with Gasteiger partial charge in [-0.3, -0.25) is 4.79 Å². The molecule has 0 bridgehead atoms. The number of carbonyl (C=O) groups excluding carboxylic acids is 1. The van der Waals surface area contributed by atoms with Crippen molar-refractivity contribution in [2.24, 2.45) is 0 Å². The second kappa shape index (κ2) is 5.22. The molecule has 0 fully saturated rings. The van der Waals surface area contributed by atoms with Crippen molar-refractivity contribution in [3.05, 3.63) is 51.7 Å². The van der Waals surface area contributed by atoms with Crippen molar-refractivity contribution in [3.63, 3.8) is 0 Å². The highest BCUT2D eigenvalue weighted by Crippen LogP contribution is 2.15. The molecule has 7 heteroatoms. The molecule has 0 saturated carbocycles. The summed E-state index contributed by atoms with van der Waals surface area (Å²) in [6, 6.07) is 6.95. The van der Waals surface area contributed by atoms with E-state index in [-0.39, 0.29) is 5.91 Å². The Morgan fingerprint density at radius 2 is 2.25 bits per heavy atom. The van der Waals surface area contributed by atoms with Crippen LogP contribution in [0.1, 0.15) is 21.1 Å². The van der Waals surface area contributed by atoms with Crippen LogP contribution in [-0.4, -0.2) is 20.5 Å². The average molecular weight is 307 g/mol. The Hall–Kier alpha value is -1.92. The van der Waals surface area contributed by atoms with Crippen LogP contribution < -0.4 is 5.32 Å². The van der Waals surface area contributed by atoms with E-state index >= 15 is 0 Å². The summed E-state index contributed by atoms with van der Waals surface area (Å²) in [5.74, 6) is -0.212. The molecule has 1 aromatic carbocycles. The van der Waals surface area contributed by atoms with Crippen molar-refractivity contribution < 1.29 is 4.79 Å². The molecule has 20 heavy (non-hydrogen) atoms. The number of amides is 1. The summed E-state index contributed by atoms with van der Waals surface area (Å²) in [6.45, 7) is 2.28. The van der Waals surface area contributed by atoms with Crippen LogP contribution in [0.15, 0.2) is 30.5 Å². The van der Waals surface area contributed by atoms with Crippen LogP contribution in [0.3, 0.4) is 0 Å². The van der Waals surface area contributed by atoms with Gasteiger partial charge in [0, 0.05) is 0 Å². The molecule has 3 rings (SSSR count). The quantitative estimate of drug-likeness (QED) is 0.809. The molecule has 0 unspecified atom stereocenters. The van der Waals surface area contributed by atoms with E-state index in [9.17, 15) is 4.79 Å². The van der Waals surface area contributed by atoms with Crippen molar-refractivity contribution in [3.8, 4) is 0 Å². The normalized spacial score (nSPS) is 10.9. The maximum absolute atomic E-state index is 12.0. The molecule has 2 aromatic heterocycles. The fourth-order valence-electron chi connectivity index (χ4n) is 1.84. The van der Waals surface area contributed by atoms with Gasteiger partial charge in [0.1, 0.15) is 5.01 Å². The van der Waals surface area contributed by atoms with Gasteiger partial charge < -0.3 is 5.32 Å². The minimum atomic E-state index is -0.212. The number of carbonyl (C=O) groups is 1. The second-order valence-electron chi connectivity index (χ2n) is 4.24. The third-order valence-corrected chi connectivity index (χ3v) is 3.91. The summed E-state index contributed by atoms with van der Waals surface area (Å²) in [5, 5.41) is 8.47. The van der Waals surface area contributed by atoms with Crippen molar-refractivity contribution in [1.29, 1.82) is 0 Å². The fraction of sp³-hybridized carbons (Fsp3) is 0.154. The number of nitrogens with one attached hydrogen (secondary N) is 1. The van der Waals surface area contributed by atoms with Crippen LogP contribution in [0.25, 0.3) is 4.96 Å². The van der Waals surface area contributed by atoms with E-state index in [1.807, 2.05) is 13.1 Å². The second-order valence-corrected chi connectivity index (χ2v) is 5.81. The molecule has 5 nitrogen and oxygen atoms in total. The molecule has 0 aliphatic rings. The first kappa shape index (κ1) is 13.1. The Labute approximate surface area is 124 Å². The number of aromatic nitrogens is 3. The topological polar surface area (TPSA) is 59.3 Å². The summed E-state index contributed by atoms with van der Waals surface area (Å²) in [4.78, 5) is 17.2. The van der Waals surface area contributed by atoms with E-state index in [2.05, 4.69) is 15.4 Å². The van der Waals surface area contributed by atoms with Gasteiger partial charge in [0.2, 0.25) is 4.96 Å². The predicted molar refractivity (Wildman–Crippen MR) is 78.2 cm³/mol. The van der Waals surface area contributed by atoms with Crippen molar-refractivity contribution >= 4 is 33.8 Å². The molecule has 0 spiro atoms. The monoisotopic (exact) mass is 306 g/mol. The van der Waals surface area contributed by atoms with Gasteiger partial charge in [0.15, 0.2) is 0 Å². The zero-order chi connectivity index (χ0) is 14.1. The van der Waals surface area contributed by atoms with Crippen LogP contribution in [0, 0.1) is 6.92 Å². The van der Waals surface area contributed by atoms with Gasteiger partial charge >= 0.3 is 0 Å². The number of hydrogen-bond donors (Lipinski definition) is 1. The largest absolute Gasteiger partial charge is 0.346 e. The van der Waals surface area contributed by atoms with E-state index in [0.29, 0.717) is 17.1 Å². The van der Waals surface area contributed by atoms with Crippen LogP contribution in [-0.2, 0) is 6.54 Å². The number of rotatable bonds is 3. The molecule has 1 N–H and O–H groups in total. The zero-order valence-electron chi connectivity index (χ0n) is 10.6. The first-order chi connectivity index (χ1) is 9.63. The average Bonchev–Trinajstić information content (AvgIpc) is 2.93. The maximum atomic E-state index is 12.0. The van der Waals surface area contributed by atoms with Crippen molar-refractivity contribution in [2.45, 2.75) is 13.5 Å². The summed E-state index contributed by atoms with van der Waals surface area (Å²) >= 11 is 7.49. The van der Waals surface area contributed by atoms with E-state index in [0.717, 1.165) is 15.7 Å². The molecule has 0 atom stereocenters. The standard InChI is InChI=1S/C13H11ClN4OS/c1-8-17-18-7-9(16-13(18)20-8)6-15-12(19)10-4-2-3-5-11(10)14/h2-5,7H,6H2,1H3,(H,15,19). The highest BCUT2D eigenvalue weighted by Gasteiger charge is 2.11. The molecule has 0 aliphatic heterocycles. The highest BCUT2D eigenvalue weighted by atomic mass is 35.5. The minimum Gasteiger partial charge on any atom is -0.346 e. The van der Waals surface area contributed by atoms with Crippen LogP contribution in [0.4, 0.5) is 0 Å². The number of hydrogen-bond acceptors (Lipinski definition) is 4. The molecule has 2 heterocycles. The van der Waals surface area contributed by atoms with Crippen molar-refractivity contribution in [2.75, 3.05) is 0 Å². The van der Waals surface area contributed by atoms with Crippen LogP contribution in [0.5, 0.6) is 0 Å². The fourth-order valence-corrected chi connectivity index (χ4v) is 2.81. The number of aryl methyl sites for hydroxylation is 1. The molecular weight excluding hydrogens is 296 g/mol. The predicted octanol–water partition coefficient (Wildman–Crippen LogP) is 2.68. The van der Waals surface area contributed by atoms with E-state index in [4.69, 9.17) is 11.6 Å². The molecular formula is C13H11ClN4OS. The number of nitrogens with zero attached hydrogens (tertiary/aromatic N) is 3. The van der Waals surface area contributed by atoms with E-state index in [1.54, 1.807) is 28.8 Å². The van der Waals surface area contributed by atoms with Gasteiger partial charge in [-0.1, -0.05) is 35.1 Å². The number of fused-ring (bicyclic) bond motifs is 1. The summed E-state index contributed by atoms with van der Waals surface area (Å²) < 4.78 is 1.72. The van der Waals surface area contributed by atoms with Gasteiger partial charge in [-0.05, 0) is 19.1 Å². The lowest BCUT2D eigenvalue weighted by atomic mass is 10.2. The highest BCUT2D eigenvalue weighted by molar-refractivity contribution is 7.16. The number of benzene rings is 1.